The Kier molecular flexibility index (Phi) is 5.74. The minimum atomic E-state index is 0.150. The van der Waals surface area contributed by atoms with Crippen molar-refractivity contribution in [2.45, 2.75) is 32.2 Å². The number of nitrogens with one attached hydrogen (secondary N) is 1. The van der Waals surface area contributed by atoms with Crippen LogP contribution in [0.5, 0.6) is 0 Å². The number of ether oxygens (including phenoxy) is 1. The molecule has 1 aromatic carbocycles. The van der Waals surface area contributed by atoms with E-state index >= 15 is 0 Å². The van der Waals surface area contributed by atoms with E-state index in [9.17, 15) is 4.79 Å². The van der Waals surface area contributed by atoms with Gasteiger partial charge >= 0.3 is 0 Å². The lowest BCUT2D eigenvalue weighted by Crippen LogP contribution is -2.43. The average molecular weight is 331 g/mol. The number of morpholine rings is 1. The van der Waals surface area contributed by atoms with Gasteiger partial charge in [0.25, 0.3) is 0 Å². The van der Waals surface area contributed by atoms with Crippen LogP contribution in [-0.4, -0.2) is 57.2 Å². The van der Waals surface area contributed by atoms with Crippen LogP contribution >= 0.6 is 0 Å². The van der Waals surface area contributed by atoms with Gasteiger partial charge in [0.2, 0.25) is 5.91 Å². The summed E-state index contributed by atoms with van der Waals surface area (Å²) in [4.78, 5) is 16.7. The number of nitrogens with zero attached hydrogens (tertiary/aromatic N) is 2. The molecule has 0 radical (unpaired) electrons. The molecule has 1 N–H and O–H groups in total. The van der Waals surface area contributed by atoms with Crippen molar-refractivity contribution in [1.82, 2.24) is 10.2 Å². The number of rotatable bonds is 6. The molecule has 0 unspecified atom stereocenters. The summed E-state index contributed by atoms with van der Waals surface area (Å²) in [5, 5.41) is 3.12. The van der Waals surface area contributed by atoms with Crippen LogP contribution in [0.25, 0.3) is 0 Å². The van der Waals surface area contributed by atoms with Gasteiger partial charge in [-0.1, -0.05) is 19.1 Å². The Morgan fingerprint density at radius 3 is 2.83 bits per heavy atom. The number of fused-ring (bicyclic) bond motifs is 1. The van der Waals surface area contributed by atoms with E-state index in [0.29, 0.717) is 13.0 Å². The summed E-state index contributed by atoms with van der Waals surface area (Å²) >= 11 is 0. The number of hydrogen-bond donors (Lipinski definition) is 1. The number of carbonyl (C=O) groups excluding carboxylic acids is 1. The van der Waals surface area contributed by atoms with E-state index in [-0.39, 0.29) is 11.9 Å². The number of likely N-dealkylation sites (N-methyl/N-ethyl adjacent to an activating group) is 1. The molecule has 2 aliphatic heterocycles. The Morgan fingerprint density at radius 1 is 1.29 bits per heavy atom. The lowest BCUT2D eigenvalue weighted by molar-refractivity contribution is -0.121. The molecule has 132 valence electrons. The van der Waals surface area contributed by atoms with Crippen LogP contribution in [-0.2, 0) is 16.0 Å². The zero-order valence-corrected chi connectivity index (χ0v) is 14.9. The van der Waals surface area contributed by atoms with Gasteiger partial charge in [-0.15, -0.1) is 0 Å². The molecule has 0 saturated carbocycles. The first-order valence-corrected chi connectivity index (χ1v) is 9.11. The fraction of sp³-hybridized carbons (Fsp3) is 0.632. The zero-order chi connectivity index (χ0) is 16.9. The number of benzene rings is 1. The first kappa shape index (κ1) is 17.2. The molecule has 1 fully saturated rings. The third kappa shape index (κ3) is 3.90. The van der Waals surface area contributed by atoms with Crippen molar-refractivity contribution in [1.29, 1.82) is 0 Å². The Hall–Kier alpha value is -1.59. The quantitative estimate of drug-likeness (QED) is 0.866. The number of anilines is 1. The maximum atomic E-state index is 11.9. The smallest absolute Gasteiger partial charge is 0.220 e. The molecule has 1 amide bonds. The van der Waals surface area contributed by atoms with E-state index in [0.717, 1.165) is 45.7 Å². The molecular weight excluding hydrogens is 302 g/mol. The lowest BCUT2D eigenvalue weighted by atomic mass is 10.0. The predicted molar refractivity (Wildman–Crippen MR) is 96.5 cm³/mol. The van der Waals surface area contributed by atoms with Gasteiger partial charge in [0.1, 0.15) is 0 Å². The van der Waals surface area contributed by atoms with E-state index in [1.807, 2.05) is 6.92 Å². The molecule has 5 nitrogen and oxygen atoms in total. The van der Waals surface area contributed by atoms with Gasteiger partial charge < -0.3 is 15.0 Å². The average Bonchev–Trinajstić information content (AvgIpc) is 2.97. The van der Waals surface area contributed by atoms with Gasteiger partial charge in [-0.3, -0.25) is 9.69 Å². The predicted octanol–water partition coefficient (Wildman–Crippen LogP) is 1.97. The van der Waals surface area contributed by atoms with E-state index in [1.54, 1.807) is 0 Å². The largest absolute Gasteiger partial charge is 0.379 e. The molecule has 1 saturated heterocycles. The van der Waals surface area contributed by atoms with Gasteiger partial charge in [0.15, 0.2) is 0 Å². The topological polar surface area (TPSA) is 44.8 Å². The Morgan fingerprint density at radius 2 is 2.08 bits per heavy atom. The molecule has 1 aromatic rings. The van der Waals surface area contributed by atoms with Gasteiger partial charge in [0.05, 0.1) is 19.3 Å². The molecule has 0 spiro atoms. The number of carbonyl (C=O) groups is 1. The fourth-order valence-corrected chi connectivity index (χ4v) is 3.67. The molecule has 2 heterocycles. The normalized spacial score (nSPS) is 19.2. The third-order valence-corrected chi connectivity index (χ3v) is 5.07. The summed E-state index contributed by atoms with van der Waals surface area (Å²) in [7, 11) is 2.15. The summed E-state index contributed by atoms with van der Waals surface area (Å²) in [6.07, 6.45) is 2.60. The summed E-state index contributed by atoms with van der Waals surface area (Å²) in [5.41, 5.74) is 4.07. The van der Waals surface area contributed by atoms with Crippen LogP contribution in [0.15, 0.2) is 18.2 Å². The summed E-state index contributed by atoms with van der Waals surface area (Å²) in [5.74, 6) is 0.150. The van der Waals surface area contributed by atoms with E-state index < -0.39 is 0 Å². The van der Waals surface area contributed by atoms with Crippen molar-refractivity contribution in [3.63, 3.8) is 0 Å². The minimum Gasteiger partial charge on any atom is -0.379 e. The van der Waals surface area contributed by atoms with Crippen molar-refractivity contribution in [2.24, 2.45) is 0 Å². The second-order valence-electron chi connectivity index (χ2n) is 6.78. The molecule has 1 atom stereocenters. The van der Waals surface area contributed by atoms with Gasteiger partial charge in [-0.2, -0.15) is 0 Å². The van der Waals surface area contributed by atoms with Crippen molar-refractivity contribution in [3.8, 4) is 0 Å². The second kappa shape index (κ2) is 7.99. The van der Waals surface area contributed by atoms with Crippen LogP contribution in [0.3, 0.4) is 0 Å². The maximum absolute atomic E-state index is 11.9. The van der Waals surface area contributed by atoms with Crippen LogP contribution in [0.1, 0.15) is 36.9 Å². The first-order valence-electron chi connectivity index (χ1n) is 9.11. The molecule has 24 heavy (non-hydrogen) atoms. The lowest BCUT2D eigenvalue weighted by Gasteiger charge is -2.35. The highest BCUT2D eigenvalue weighted by molar-refractivity contribution is 5.75. The van der Waals surface area contributed by atoms with Gasteiger partial charge in [-0.25, -0.2) is 0 Å². The van der Waals surface area contributed by atoms with E-state index in [2.05, 4.69) is 40.4 Å². The molecule has 0 aliphatic carbocycles. The summed E-state index contributed by atoms with van der Waals surface area (Å²) < 4.78 is 5.50. The molecule has 0 aromatic heterocycles. The third-order valence-electron chi connectivity index (χ3n) is 5.07. The minimum absolute atomic E-state index is 0.150. The second-order valence-corrected chi connectivity index (χ2v) is 6.78. The van der Waals surface area contributed by atoms with E-state index in [4.69, 9.17) is 4.74 Å². The van der Waals surface area contributed by atoms with Crippen molar-refractivity contribution < 1.29 is 9.53 Å². The van der Waals surface area contributed by atoms with Gasteiger partial charge in [0, 0.05) is 45.3 Å². The molecule has 2 aliphatic rings. The Bertz CT molecular complexity index is 570. The van der Waals surface area contributed by atoms with Crippen molar-refractivity contribution in [3.05, 3.63) is 29.3 Å². The number of hydrogen-bond acceptors (Lipinski definition) is 4. The van der Waals surface area contributed by atoms with E-state index in [1.165, 1.54) is 16.8 Å². The molecule has 3 rings (SSSR count). The summed E-state index contributed by atoms with van der Waals surface area (Å²) in [6.45, 7) is 7.19. The molecular formula is C19H29N3O2. The molecule has 5 heteroatoms. The monoisotopic (exact) mass is 331 g/mol. The SMILES string of the molecule is CCCC(=O)NC[C@H](c1ccc2c(c1)CCN2C)N1CCOCC1. The molecule has 0 bridgehead atoms. The van der Waals surface area contributed by atoms with Crippen molar-refractivity contribution in [2.75, 3.05) is 51.3 Å². The first-order chi connectivity index (χ1) is 11.7. The van der Waals surface area contributed by atoms with Gasteiger partial charge in [-0.05, 0) is 30.0 Å². The Labute approximate surface area is 145 Å². The standard InChI is InChI=1S/C19H29N3O2/c1-3-4-19(23)20-14-18(22-9-11-24-12-10-22)15-5-6-17-16(13-15)7-8-21(17)2/h5-6,13,18H,3-4,7-12,14H2,1-2H3,(H,20,23)/t18-/m1/s1. The Balaban J connectivity index is 1.77. The van der Waals surface area contributed by atoms with Crippen molar-refractivity contribution >= 4 is 11.6 Å². The van der Waals surface area contributed by atoms with Crippen LogP contribution in [0, 0.1) is 0 Å². The highest BCUT2D eigenvalue weighted by atomic mass is 16.5. The van der Waals surface area contributed by atoms with Crippen LogP contribution in [0.4, 0.5) is 5.69 Å². The van der Waals surface area contributed by atoms with Crippen LogP contribution < -0.4 is 10.2 Å². The highest BCUT2D eigenvalue weighted by Crippen LogP contribution is 2.31. The number of amides is 1. The maximum Gasteiger partial charge on any atom is 0.220 e. The summed E-state index contributed by atoms with van der Waals surface area (Å²) in [6, 6.07) is 7.03. The van der Waals surface area contributed by atoms with Crippen LogP contribution in [0.2, 0.25) is 0 Å². The highest BCUT2D eigenvalue weighted by Gasteiger charge is 2.25. The fourth-order valence-electron chi connectivity index (χ4n) is 3.67. The zero-order valence-electron chi connectivity index (χ0n) is 14.9.